The number of aryl methyl sites for hydroxylation is 2. The van der Waals surface area contributed by atoms with Crippen molar-refractivity contribution in [3.63, 3.8) is 0 Å². The van der Waals surface area contributed by atoms with E-state index in [-0.39, 0.29) is 11.5 Å². The summed E-state index contributed by atoms with van der Waals surface area (Å²) in [6, 6.07) is 30.4. The van der Waals surface area contributed by atoms with Gasteiger partial charge in [0.25, 0.3) is 5.91 Å². The van der Waals surface area contributed by atoms with Crippen molar-refractivity contribution in [2.75, 3.05) is 6.54 Å². The quantitative estimate of drug-likeness (QED) is 0.264. The van der Waals surface area contributed by atoms with Crippen LogP contribution in [0.25, 0.3) is 11.1 Å². The van der Waals surface area contributed by atoms with Crippen molar-refractivity contribution in [3.05, 3.63) is 130 Å². The Labute approximate surface area is 216 Å². The topological polar surface area (TPSA) is 57.6 Å². The average Bonchev–Trinajstić information content (AvgIpc) is 2.90. The number of halogens is 1. The molecule has 0 saturated carbocycles. The highest BCUT2D eigenvalue weighted by Crippen LogP contribution is 2.26. The molecule has 0 radical (unpaired) electrons. The average molecular weight is 498 g/mol. The monoisotopic (exact) mass is 497 g/mol. The Balaban J connectivity index is 1.56. The zero-order valence-corrected chi connectivity index (χ0v) is 20.9. The normalized spacial score (nSPS) is 10.7. The maximum atomic E-state index is 13.5. The van der Waals surface area contributed by atoms with E-state index in [0.717, 1.165) is 29.5 Å². The summed E-state index contributed by atoms with van der Waals surface area (Å²) in [7, 11) is 0. The van der Waals surface area contributed by atoms with Gasteiger partial charge in [0, 0.05) is 13.1 Å². The first-order chi connectivity index (χ1) is 17.4. The van der Waals surface area contributed by atoms with E-state index in [1.807, 2.05) is 72.5 Å². The molecule has 0 fully saturated rings. The number of rotatable bonds is 9. The van der Waals surface area contributed by atoms with Gasteiger partial charge in [0.05, 0.1) is 16.1 Å². The molecule has 4 aromatic carbocycles. The predicted octanol–water partition coefficient (Wildman–Crippen LogP) is 7.29. The van der Waals surface area contributed by atoms with Gasteiger partial charge in [-0.2, -0.15) is 0 Å². The Morgan fingerprint density at radius 1 is 0.778 bits per heavy atom. The van der Waals surface area contributed by atoms with E-state index in [2.05, 4.69) is 12.1 Å². The zero-order valence-electron chi connectivity index (χ0n) is 20.2. The Hall–Kier alpha value is -3.89. The third kappa shape index (κ3) is 6.02. The van der Waals surface area contributed by atoms with Crippen molar-refractivity contribution in [2.45, 2.75) is 26.3 Å². The molecule has 4 aromatic rings. The van der Waals surface area contributed by atoms with E-state index in [1.165, 1.54) is 5.56 Å². The standard InChI is InChI=1S/C31H28ClNO3/c1-22-9-7-15-28(29(22)32)30(34)33(20-8-12-23-10-3-2-4-11-23)21-24-16-18-25(19-17-24)26-13-5-6-14-27(26)31(35)36/h2-7,9-11,13-19H,8,12,20-21H2,1H3,(H,35,36). The number of carboxylic acid groups (broad SMARTS) is 1. The highest BCUT2D eigenvalue weighted by atomic mass is 35.5. The molecular formula is C31H28ClNO3. The van der Waals surface area contributed by atoms with Crippen LogP contribution in [0.5, 0.6) is 0 Å². The highest BCUT2D eigenvalue weighted by Gasteiger charge is 2.20. The maximum absolute atomic E-state index is 13.5. The molecule has 1 N–H and O–H groups in total. The summed E-state index contributed by atoms with van der Waals surface area (Å²) in [5, 5.41) is 10.0. The predicted molar refractivity (Wildman–Crippen MR) is 145 cm³/mol. The van der Waals surface area contributed by atoms with Crippen LogP contribution in [0.2, 0.25) is 5.02 Å². The van der Waals surface area contributed by atoms with Crippen LogP contribution >= 0.6 is 11.6 Å². The molecule has 0 aliphatic carbocycles. The molecule has 0 aliphatic heterocycles. The molecule has 4 nitrogen and oxygen atoms in total. The van der Waals surface area contributed by atoms with E-state index in [0.29, 0.717) is 29.2 Å². The summed E-state index contributed by atoms with van der Waals surface area (Å²) in [5.74, 6) is -1.06. The lowest BCUT2D eigenvalue weighted by molar-refractivity contribution is 0.0696. The smallest absolute Gasteiger partial charge is 0.336 e. The van der Waals surface area contributed by atoms with E-state index in [4.69, 9.17) is 11.6 Å². The van der Waals surface area contributed by atoms with Crippen LogP contribution in [-0.2, 0) is 13.0 Å². The number of amides is 1. The van der Waals surface area contributed by atoms with E-state index in [1.54, 1.807) is 24.3 Å². The summed E-state index contributed by atoms with van der Waals surface area (Å²) in [6.45, 7) is 2.91. The Bertz CT molecular complexity index is 1350. The molecule has 0 aromatic heterocycles. The number of nitrogens with zero attached hydrogens (tertiary/aromatic N) is 1. The molecule has 36 heavy (non-hydrogen) atoms. The Kier molecular flexibility index (Phi) is 8.19. The van der Waals surface area contributed by atoms with Crippen LogP contribution in [0.1, 0.15) is 43.8 Å². The molecule has 0 heterocycles. The summed E-state index contributed by atoms with van der Waals surface area (Å²) in [6.07, 6.45) is 1.69. The first-order valence-electron chi connectivity index (χ1n) is 11.9. The lowest BCUT2D eigenvalue weighted by Crippen LogP contribution is -2.32. The van der Waals surface area contributed by atoms with E-state index in [9.17, 15) is 14.7 Å². The van der Waals surface area contributed by atoms with Crippen molar-refractivity contribution in [2.24, 2.45) is 0 Å². The van der Waals surface area contributed by atoms with Crippen LogP contribution in [0.3, 0.4) is 0 Å². The number of benzene rings is 4. The van der Waals surface area contributed by atoms with Crippen LogP contribution in [0.15, 0.2) is 97.1 Å². The van der Waals surface area contributed by atoms with Gasteiger partial charge in [-0.15, -0.1) is 0 Å². The molecule has 0 unspecified atom stereocenters. The molecule has 0 saturated heterocycles. The van der Waals surface area contributed by atoms with Gasteiger partial charge < -0.3 is 10.0 Å². The second-order valence-corrected chi connectivity index (χ2v) is 9.18. The summed E-state index contributed by atoms with van der Waals surface area (Å²) in [4.78, 5) is 27.0. The third-order valence-electron chi connectivity index (χ3n) is 6.24. The highest BCUT2D eigenvalue weighted by molar-refractivity contribution is 6.34. The van der Waals surface area contributed by atoms with Gasteiger partial charge in [0.1, 0.15) is 0 Å². The first kappa shape index (κ1) is 25.2. The fraction of sp³-hybridized carbons (Fsp3) is 0.161. The van der Waals surface area contributed by atoms with Gasteiger partial charge in [0.15, 0.2) is 0 Å². The SMILES string of the molecule is Cc1cccc(C(=O)N(CCCc2ccccc2)Cc2ccc(-c3ccccc3C(=O)O)cc2)c1Cl. The molecule has 4 rings (SSSR count). The number of carboxylic acids is 1. The number of carbonyl (C=O) groups excluding carboxylic acids is 1. The fourth-order valence-corrected chi connectivity index (χ4v) is 4.49. The van der Waals surface area contributed by atoms with Gasteiger partial charge in [-0.25, -0.2) is 4.79 Å². The maximum Gasteiger partial charge on any atom is 0.336 e. The minimum atomic E-state index is -0.958. The van der Waals surface area contributed by atoms with Crippen molar-refractivity contribution in [1.29, 1.82) is 0 Å². The molecule has 1 amide bonds. The molecule has 182 valence electrons. The first-order valence-corrected chi connectivity index (χ1v) is 12.3. The minimum Gasteiger partial charge on any atom is -0.478 e. The van der Waals surface area contributed by atoms with Crippen molar-refractivity contribution >= 4 is 23.5 Å². The van der Waals surface area contributed by atoms with E-state index < -0.39 is 5.97 Å². The largest absolute Gasteiger partial charge is 0.478 e. The van der Waals surface area contributed by atoms with E-state index >= 15 is 0 Å². The molecule has 0 spiro atoms. The summed E-state index contributed by atoms with van der Waals surface area (Å²) >= 11 is 6.50. The summed E-state index contributed by atoms with van der Waals surface area (Å²) in [5.41, 5.74) is 5.32. The van der Waals surface area contributed by atoms with Crippen molar-refractivity contribution < 1.29 is 14.7 Å². The number of hydrogen-bond donors (Lipinski definition) is 1. The zero-order chi connectivity index (χ0) is 25.5. The minimum absolute atomic E-state index is 0.0999. The van der Waals surface area contributed by atoms with Gasteiger partial charge in [-0.05, 0) is 59.7 Å². The third-order valence-corrected chi connectivity index (χ3v) is 6.74. The molecule has 0 aliphatic rings. The van der Waals surface area contributed by atoms with Gasteiger partial charge in [0.2, 0.25) is 0 Å². The number of carbonyl (C=O) groups is 2. The van der Waals surface area contributed by atoms with Crippen molar-refractivity contribution in [1.82, 2.24) is 4.90 Å². The molecule has 0 atom stereocenters. The summed E-state index contributed by atoms with van der Waals surface area (Å²) < 4.78 is 0. The lowest BCUT2D eigenvalue weighted by Gasteiger charge is -2.24. The second-order valence-electron chi connectivity index (χ2n) is 8.80. The Morgan fingerprint density at radius 2 is 1.44 bits per heavy atom. The van der Waals surface area contributed by atoms with Gasteiger partial charge in [-0.3, -0.25) is 4.79 Å². The fourth-order valence-electron chi connectivity index (χ4n) is 4.29. The van der Waals surface area contributed by atoms with Crippen LogP contribution in [0.4, 0.5) is 0 Å². The lowest BCUT2D eigenvalue weighted by atomic mass is 9.98. The number of aromatic carboxylic acids is 1. The molecular weight excluding hydrogens is 470 g/mol. The molecule has 5 heteroatoms. The second kappa shape index (κ2) is 11.7. The van der Waals surface area contributed by atoms with Gasteiger partial charge in [-0.1, -0.05) is 96.5 Å². The molecule has 0 bridgehead atoms. The van der Waals surface area contributed by atoms with Crippen LogP contribution in [-0.4, -0.2) is 28.4 Å². The van der Waals surface area contributed by atoms with Crippen LogP contribution in [0, 0.1) is 6.92 Å². The van der Waals surface area contributed by atoms with Crippen LogP contribution < -0.4 is 0 Å². The number of hydrogen-bond acceptors (Lipinski definition) is 2. The van der Waals surface area contributed by atoms with Gasteiger partial charge >= 0.3 is 5.97 Å². The van der Waals surface area contributed by atoms with Crippen molar-refractivity contribution in [3.8, 4) is 11.1 Å². The Morgan fingerprint density at radius 3 is 2.17 bits per heavy atom.